The van der Waals surface area contributed by atoms with Crippen LogP contribution in [0.5, 0.6) is 5.75 Å². The van der Waals surface area contributed by atoms with E-state index in [0.717, 1.165) is 0 Å². The smallest absolute Gasteiger partial charge is 0.327 e. The molecule has 0 radical (unpaired) electrons. The second-order valence-corrected chi connectivity index (χ2v) is 5.34. The van der Waals surface area contributed by atoms with Crippen LogP contribution in [0.2, 0.25) is 5.02 Å². The minimum atomic E-state index is -0.557. The van der Waals surface area contributed by atoms with E-state index < -0.39 is 10.9 Å². The molecule has 1 aromatic carbocycles. The van der Waals surface area contributed by atoms with Gasteiger partial charge in [0, 0.05) is 0 Å². The van der Waals surface area contributed by atoms with E-state index in [0.29, 0.717) is 16.5 Å². The fraction of sp³-hybridized carbons (Fsp3) is 0.333. The highest BCUT2D eigenvalue weighted by Gasteiger charge is 2.23. The first kappa shape index (κ1) is 17.7. The number of hydrogen-bond donors (Lipinski definition) is 0. The molecule has 0 spiro atoms. The molecule has 0 amide bonds. The van der Waals surface area contributed by atoms with Crippen LogP contribution < -0.4 is 4.74 Å². The molecule has 2 aromatic rings. The SMILES string of the molecule is Cc1nn(CC(=O)OCCOc2ccccc2Cl)c(C)c1[N+](=O)[O-]. The second-order valence-electron chi connectivity index (χ2n) is 4.93. The van der Waals surface area contributed by atoms with Crippen molar-refractivity contribution in [1.82, 2.24) is 9.78 Å². The molecule has 0 unspecified atom stereocenters. The normalized spacial score (nSPS) is 10.5. The number of esters is 1. The number of benzene rings is 1. The van der Waals surface area contributed by atoms with E-state index in [1.807, 2.05) is 0 Å². The lowest BCUT2D eigenvalue weighted by atomic mass is 10.3. The number of para-hydroxylation sites is 1. The van der Waals surface area contributed by atoms with Crippen molar-refractivity contribution in [3.05, 3.63) is 50.8 Å². The standard InChI is InChI=1S/C15H16ClN3O5/c1-10-15(19(21)22)11(2)18(17-10)9-14(20)24-8-7-23-13-6-4-3-5-12(13)16/h3-6H,7-9H2,1-2H3. The van der Waals surface area contributed by atoms with Crippen molar-refractivity contribution in [2.45, 2.75) is 20.4 Å². The third-order valence-corrected chi connectivity index (χ3v) is 3.56. The summed E-state index contributed by atoms with van der Waals surface area (Å²) in [6.07, 6.45) is 0. The predicted molar refractivity (Wildman–Crippen MR) is 86.3 cm³/mol. The Morgan fingerprint density at radius 1 is 1.33 bits per heavy atom. The summed E-state index contributed by atoms with van der Waals surface area (Å²) in [5, 5.41) is 15.4. The Bertz CT molecular complexity index is 760. The zero-order valence-corrected chi connectivity index (χ0v) is 13.9. The number of aromatic nitrogens is 2. The van der Waals surface area contributed by atoms with Crippen LogP contribution in [0.25, 0.3) is 0 Å². The molecule has 8 nitrogen and oxygen atoms in total. The number of rotatable bonds is 7. The Kier molecular flexibility index (Phi) is 5.75. The summed E-state index contributed by atoms with van der Waals surface area (Å²) in [7, 11) is 0. The van der Waals surface area contributed by atoms with Gasteiger partial charge in [0.05, 0.1) is 9.95 Å². The van der Waals surface area contributed by atoms with Crippen LogP contribution in [0.3, 0.4) is 0 Å². The molecule has 0 saturated heterocycles. The summed E-state index contributed by atoms with van der Waals surface area (Å²) in [4.78, 5) is 22.2. The minimum Gasteiger partial charge on any atom is -0.488 e. The summed E-state index contributed by atoms with van der Waals surface area (Å²) in [5.41, 5.74) is 0.471. The number of ether oxygens (including phenoxy) is 2. The number of nitrogens with zero attached hydrogens (tertiary/aromatic N) is 3. The highest BCUT2D eigenvalue weighted by molar-refractivity contribution is 6.32. The summed E-state index contributed by atoms with van der Waals surface area (Å²) >= 11 is 5.93. The molecule has 0 aliphatic rings. The molecule has 0 aliphatic carbocycles. The molecule has 1 aromatic heterocycles. The van der Waals surface area contributed by atoms with Gasteiger partial charge in [0.1, 0.15) is 36.9 Å². The maximum atomic E-state index is 11.8. The average Bonchev–Trinajstić information content (AvgIpc) is 2.79. The molecule has 0 atom stereocenters. The fourth-order valence-electron chi connectivity index (χ4n) is 2.14. The molecule has 0 N–H and O–H groups in total. The quantitative estimate of drug-likeness (QED) is 0.328. The van der Waals surface area contributed by atoms with Crippen molar-refractivity contribution >= 4 is 23.3 Å². The monoisotopic (exact) mass is 353 g/mol. The van der Waals surface area contributed by atoms with Crippen LogP contribution in [0.1, 0.15) is 11.4 Å². The number of hydrogen-bond acceptors (Lipinski definition) is 6. The number of nitro groups is 1. The van der Waals surface area contributed by atoms with Crippen LogP contribution in [0.4, 0.5) is 5.69 Å². The Morgan fingerprint density at radius 3 is 2.67 bits per heavy atom. The van der Waals surface area contributed by atoms with E-state index in [1.54, 1.807) is 24.3 Å². The molecule has 1 heterocycles. The molecule has 9 heteroatoms. The Hall–Kier alpha value is -2.61. The topological polar surface area (TPSA) is 96.5 Å². The molecule has 0 saturated carbocycles. The first-order chi connectivity index (χ1) is 11.4. The van der Waals surface area contributed by atoms with Crippen molar-refractivity contribution < 1.29 is 19.2 Å². The van der Waals surface area contributed by atoms with Gasteiger partial charge in [-0.3, -0.25) is 19.6 Å². The third-order valence-electron chi connectivity index (χ3n) is 3.25. The zero-order valence-electron chi connectivity index (χ0n) is 13.2. The molecule has 128 valence electrons. The van der Waals surface area contributed by atoms with E-state index in [2.05, 4.69) is 5.10 Å². The van der Waals surface area contributed by atoms with E-state index in [9.17, 15) is 14.9 Å². The van der Waals surface area contributed by atoms with Crippen molar-refractivity contribution in [3.8, 4) is 5.75 Å². The van der Waals surface area contributed by atoms with Crippen molar-refractivity contribution in [2.24, 2.45) is 0 Å². The van der Waals surface area contributed by atoms with E-state index in [4.69, 9.17) is 21.1 Å². The largest absolute Gasteiger partial charge is 0.488 e. The molecular weight excluding hydrogens is 338 g/mol. The van der Waals surface area contributed by atoms with E-state index in [-0.39, 0.29) is 31.1 Å². The average molecular weight is 354 g/mol. The van der Waals surface area contributed by atoms with Crippen molar-refractivity contribution in [1.29, 1.82) is 0 Å². The summed E-state index contributed by atoms with van der Waals surface area (Å²) < 4.78 is 11.7. The highest BCUT2D eigenvalue weighted by Crippen LogP contribution is 2.23. The molecule has 2 rings (SSSR count). The minimum absolute atomic E-state index is 0.0332. The summed E-state index contributed by atoms with van der Waals surface area (Å²) in [5.74, 6) is -0.0531. The third kappa shape index (κ3) is 4.23. The lowest BCUT2D eigenvalue weighted by Crippen LogP contribution is -2.18. The Labute approximate surface area is 143 Å². The molecular formula is C15H16ClN3O5. The molecule has 24 heavy (non-hydrogen) atoms. The van der Waals surface area contributed by atoms with Gasteiger partial charge in [-0.1, -0.05) is 23.7 Å². The van der Waals surface area contributed by atoms with Crippen LogP contribution in [-0.4, -0.2) is 33.9 Å². The van der Waals surface area contributed by atoms with Crippen LogP contribution in [0, 0.1) is 24.0 Å². The number of carbonyl (C=O) groups excluding carboxylic acids is 1. The van der Waals surface area contributed by atoms with E-state index in [1.165, 1.54) is 18.5 Å². The summed E-state index contributed by atoms with van der Waals surface area (Å²) in [6.45, 7) is 3.03. The highest BCUT2D eigenvalue weighted by atomic mass is 35.5. The van der Waals surface area contributed by atoms with Gasteiger partial charge >= 0.3 is 11.7 Å². The van der Waals surface area contributed by atoms with Gasteiger partial charge in [-0.05, 0) is 26.0 Å². The van der Waals surface area contributed by atoms with Gasteiger partial charge in [-0.15, -0.1) is 0 Å². The second kappa shape index (κ2) is 7.78. The number of carbonyl (C=O) groups is 1. The number of halogens is 1. The lowest BCUT2D eigenvalue weighted by molar-refractivity contribution is -0.386. The number of aryl methyl sites for hydroxylation is 1. The summed E-state index contributed by atoms with van der Waals surface area (Å²) in [6, 6.07) is 6.96. The van der Waals surface area contributed by atoms with Crippen molar-refractivity contribution in [2.75, 3.05) is 13.2 Å². The predicted octanol–water partition coefficient (Wildman–Crippen LogP) is 2.68. The van der Waals surface area contributed by atoms with Gasteiger partial charge < -0.3 is 9.47 Å². The van der Waals surface area contributed by atoms with Crippen molar-refractivity contribution in [3.63, 3.8) is 0 Å². The van der Waals surface area contributed by atoms with Crippen LogP contribution in [0.15, 0.2) is 24.3 Å². The van der Waals surface area contributed by atoms with Gasteiger partial charge in [-0.25, -0.2) is 0 Å². The Morgan fingerprint density at radius 2 is 2.04 bits per heavy atom. The van der Waals surface area contributed by atoms with Gasteiger partial charge in [0.25, 0.3) is 0 Å². The lowest BCUT2D eigenvalue weighted by Gasteiger charge is -2.09. The first-order valence-corrected chi connectivity index (χ1v) is 7.49. The Balaban J connectivity index is 1.83. The van der Waals surface area contributed by atoms with Crippen LogP contribution in [-0.2, 0) is 16.1 Å². The molecule has 0 bridgehead atoms. The van der Waals surface area contributed by atoms with Crippen LogP contribution >= 0.6 is 11.6 Å². The molecule has 0 fully saturated rings. The fourth-order valence-corrected chi connectivity index (χ4v) is 2.33. The van der Waals surface area contributed by atoms with Gasteiger partial charge in [0.2, 0.25) is 0 Å². The maximum absolute atomic E-state index is 11.8. The van der Waals surface area contributed by atoms with Gasteiger partial charge in [-0.2, -0.15) is 5.10 Å². The van der Waals surface area contributed by atoms with E-state index >= 15 is 0 Å². The first-order valence-electron chi connectivity index (χ1n) is 7.11. The zero-order chi connectivity index (χ0) is 17.7. The molecule has 0 aliphatic heterocycles. The maximum Gasteiger partial charge on any atom is 0.327 e. The van der Waals surface area contributed by atoms with Gasteiger partial charge in [0.15, 0.2) is 0 Å².